The normalized spacial score (nSPS) is 27.9. The number of nitrogens with one attached hydrogen (secondary N) is 1. The summed E-state index contributed by atoms with van der Waals surface area (Å²) in [4.78, 5) is 21.9. The van der Waals surface area contributed by atoms with E-state index in [0.29, 0.717) is 13.1 Å². The highest BCUT2D eigenvalue weighted by Crippen LogP contribution is 2.47. The van der Waals surface area contributed by atoms with Crippen molar-refractivity contribution in [3.8, 4) is 16.5 Å². The van der Waals surface area contributed by atoms with E-state index in [1.54, 1.807) is 11.3 Å². The van der Waals surface area contributed by atoms with E-state index in [0.717, 1.165) is 91.2 Å². The predicted molar refractivity (Wildman–Crippen MR) is 151 cm³/mol. The van der Waals surface area contributed by atoms with Crippen molar-refractivity contribution in [3.05, 3.63) is 35.0 Å². The second kappa shape index (κ2) is 10.8. The minimum absolute atomic E-state index is 0.00353. The Morgan fingerprint density at radius 2 is 1.79 bits per heavy atom. The van der Waals surface area contributed by atoms with Gasteiger partial charge in [0.05, 0.1) is 28.1 Å². The lowest BCUT2D eigenvalue weighted by Gasteiger charge is -2.31. The number of nitriles is 1. The molecule has 3 heterocycles. The lowest BCUT2D eigenvalue weighted by molar-refractivity contribution is -0.127. The molecule has 1 aromatic heterocycles. The Bertz CT molecular complexity index is 1340. The average molecular weight is 569 g/mol. The third-order valence-electron chi connectivity index (χ3n) is 8.74. The maximum absolute atomic E-state index is 13.5. The van der Waals surface area contributed by atoms with Crippen LogP contribution >= 0.6 is 11.3 Å². The van der Waals surface area contributed by atoms with E-state index in [4.69, 9.17) is 9.72 Å². The summed E-state index contributed by atoms with van der Waals surface area (Å²) in [5.74, 6) is 0.181. The van der Waals surface area contributed by atoms with Crippen LogP contribution in [-0.2, 0) is 19.4 Å². The second-order valence-corrected chi connectivity index (χ2v) is 14.8. The molecule has 2 aliphatic heterocycles. The fraction of sp³-hybridized carbons (Fsp3) is 0.621. The van der Waals surface area contributed by atoms with Crippen molar-refractivity contribution in [1.29, 1.82) is 5.26 Å². The first kappa shape index (κ1) is 26.7. The monoisotopic (exact) mass is 568 g/mol. The fourth-order valence-corrected chi connectivity index (χ4v) is 8.59. The molecule has 0 radical (unpaired) electrons. The molecule has 3 unspecified atom stereocenters. The van der Waals surface area contributed by atoms with Crippen LogP contribution < -0.4 is 10.2 Å². The molecule has 1 amide bonds. The lowest BCUT2D eigenvalue weighted by Crippen LogP contribution is -2.42. The zero-order valence-corrected chi connectivity index (χ0v) is 23.9. The van der Waals surface area contributed by atoms with Gasteiger partial charge in [-0.3, -0.25) is 4.79 Å². The molecule has 6 rings (SSSR count). The number of aromatic nitrogens is 1. The summed E-state index contributed by atoms with van der Waals surface area (Å²) in [6.07, 6.45) is 8.39. The summed E-state index contributed by atoms with van der Waals surface area (Å²) in [5, 5.41) is 13.6. The zero-order chi connectivity index (χ0) is 27.0. The number of nitrogens with zero attached hydrogens (tertiary/aromatic N) is 3. The topological polar surface area (TPSA) is 112 Å². The standard InChI is InChI=1S/C29H36N4O4S2/c30-19-29(12-13-29)32-27(34)23-6-2-1-5-22(23)25-26(38-28(31-25)24-7-3-4-16-37-24)20-8-10-21(11-9-20)33-14-17-39(35,36)18-15-33/h8-11,22-24H,1-7,12-18H2,(H,32,34). The van der Waals surface area contributed by atoms with E-state index >= 15 is 0 Å². The molecule has 208 valence electrons. The van der Waals surface area contributed by atoms with Crippen LogP contribution in [0.3, 0.4) is 0 Å². The van der Waals surface area contributed by atoms with E-state index in [-0.39, 0.29) is 35.4 Å². The smallest absolute Gasteiger partial charge is 0.225 e. The maximum atomic E-state index is 13.5. The molecule has 10 heteroatoms. The Labute approximate surface area is 234 Å². The van der Waals surface area contributed by atoms with E-state index < -0.39 is 15.4 Å². The van der Waals surface area contributed by atoms with Crippen molar-refractivity contribution in [2.45, 2.75) is 75.3 Å². The summed E-state index contributed by atoms with van der Waals surface area (Å²) >= 11 is 1.68. The van der Waals surface area contributed by atoms with Gasteiger partial charge >= 0.3 is 0 Å². The van der Waals surface area contributed by atoms with Crippen LogP contribution in [0.2, 0.25) is 0 Å². The molecular weight excluding hydrogens is 532 g/mol. The molecule has 4 aliphatic rings. The molecule has 0 spiro atoms. The van der Waals surface area contributed by atoms with E-state index in [2.05, 4.69) is 40.6 Å². The van der Waals surface area contributed by atoms with E-state index in [9.17, 15) is 18.5 Å². The first-order chi connectivity index (χ1) is 18.9. The molecule has 4 fully saturated rings. The second-order valence-electron chi connectivity index (χ2n) is 11.5. The Hall–Kier alpha value is -2.48. The first-order valence-electron chi connectivity index (χ1n) is 14.3. The summed E-state index contributed by atoms with van der Waals surface area (Å²) < 4.78 is 29.9. The summed E-state index contributed by atoms with van der Waals surface area (Å²) in [6.45, 7) is 1.78. The average Bonchev–Trinajstić information content (AvgIpc) is 3.60. The SMILES string of the molecule is N#CC1(NC(=O)C2CCCCC2c2nc(C3CCCCO3)sc2-c2ccc(N3CCS(=O)(=O)CC3)cc2)CC1. The van der Waals surface area contributed by atoms with Gasteiger partial charge in [0.2, 0.25) is 5.91 Å². The summed E-state index contributed by atoms with van der Waals surface area (Å²) in [6, 6.07) is 10.7. The number of amides is 1. The number of thiazole rings is 1. The number of anilines is 1. The van der Waals surface area contributed by atoms with Gasteiger partial charge in [-0.05, 0) is 62.6 Å². The van der Waals surface area contributed by atoms with Crippen LogP contribution in [0.5, 0.6) is 0 Å². The molecule has 0 bridgehead atoms. The lowest BCUT2D eigenvalue weighted by atomic mass is 9.76. The molecule has 8 nitrogen and oxygen atoms in total. The van der Waals surface area contributed by atoms with Gasteiger partial charge in [0.1, 0.15) is 16.7 Å². The summed E-state index contributed by atoms with van der Waals surface area (Å²) in [7, 11) is -2.93. The van der Waals surface area contributed by atoms with Crippen molar-refractivity contribution in [2.24, 2.45) is 5.92 Å². The van der Waals surface area contributed by atoms with Gasteiger partial charge in [0, 0.05) is 37.2 Å². The molecule has 3 atom stereocenters. The molecule has 2 aliphatic carbocycles. The molecular formula is C29H36N4O4S2. The number of benzene rings is 1. The van der Waals surface area contributed by atoms with Crippen molar-refractivity contribution in [1.82, 2.24) is 10.3 Å². The highest BCUT2D eigenvalue weighted by atomic mass is 32.2. The van der Waals surface area contributed by atoms with Crippen molar-refractivity contribution in [3.63, 3.8) is 0 Å². The van der Waals surface area contributed by atoms with Gasteiger partial charge in [-0.15, -0.1) is 11.3 Å². The molecule has 2 saturated heterocycles. The minimum atomic E-state index is -2.93. The number of hydrogen-bond donors (Lipinski definition) is 1. The van der Waals surface area contributed by atoms with Gasteiger partial charge in [-0.25, -0.2) is 13.4 Å². The number of sulfone groups is 1. The highest BCUT2D eigenvalue weighted by Gasteiger charge is 2.47. The van der Waals surface area contributed by atoms with Crippen LogP contribution in [-0.4, -0.2) is 56.0 Å². The first-order valence-corrected chi connectivity index (χ1v) is 16.9. The Kier molecular flexibility index (Phi) is 7.42. The van der Waals surface area contributed by atoms with Gasteiger partial charge in [-0.2, -0.15) is 5.26 Å². The molecule has 2 saturated carbocycles. The van der Waals surface area contributed by atoms with Crippen LogP contribution in [0.4, 0.5) is 5.69 Å². The number of rotatable bonds is 6. The third-order valence-corrected chi connectivity index (χ3v) is 11.6. The van der Waals surface area contributed by atoms with Crippen LogP contribution in [0, 0.1) is 17.2 Å². The van der Waals surface area contributed by atoms with Gasteiger partial charge in [-0.1, -0.05) is 25.0 Å². The van der Waals surface area contributed by atoms with Gasteiger partial charge < -0.3 is 15.0 Å². The predicted octanol–water partition coefficient (Wildman–Crippen LogP) is 4.73. The molecule has 1 aromatic carbocycles. The Morgan fingerprint density at radius 3 is 2.46 bits per heavy atom. The Balaban J connectivity index is 1.31. The van der Waals surface area contributed by atoms with Crippen molar-refractivity contribution < 1.29 is 17.9 Å². The van der Waals surface area contributed by atoms with Crippen LogP contribution in [0.15, 0.2) is 24.3 Å². The number of carbonyl (C=O) groups excluding carboxylic acids is 1. The fourth-order valence-electron chi connectivity index (χ4n) is 6.16. The number of carbonyl (C=O) groups is 1. The minimum Gasteiger partial charge on any atom is -0.371 e. The molecule has 1 N–H and O–H groups in total. The molecule has 2 aromatic rings. The number of hydrogen-bond acceptors (Lipinski definition) is 8. The number of ether oxygens (including phenoxy) is 1. The quantitative estimate of drug-likeness (QED) is 0.536. The van der Waals surface area contributed by atoms with E-state index in [1.165, 1.54) is 0 Å². The molecule has 39 heavy (non-hydrogen) atoms. The van der Waals surface area contributed by atoms with Gasteiger partial charge in [0.25, 0.3) is 0 Å². The van der Waals surface area contributed by atoms with Crippen LogP contribution in [0.1, 0.15) is 80.5 Å². The van der Waals surface area contributed by atoms with Gasteiger partial charge in [0.15, 0.2) is 9.84 Å². The third kappa shape index (κ3) is 5.72. The zero-order valence-electron chi connectivity index (χ0n) is 22.2. The Morgan fingerprint density at radius 1 is 1.08 bits per heavy atom. The summed E-state index contributed by atoms with van der Waals surface area (Å²) in [5.41, 5.74) is 2.41. The van der Waals surface area contributed by atoms with Crippen LogP contribution in [0.25, 0.3) is 10.4 Å². The largest absolute Gasteiger partial charge is 0.371 e. The van der Waals surface area contributed by atoms with Crippen molar-refractivity contribution in [2.75, 3.05) is 36.1 Å². The van der Waals surface area contributed by atoms with E-state index in [1.807, 2.05) is 0 Å². The van der Waals surface area contributed by atoms with Crippen molar-refractivity contribution >= 4 is 32.8 Å². The maximum Gasteiger partial charge on any atom is 0.225 e. The highest BCUT2D eigenvalue weighted by molar-refractivity contribution is 7.91.